The van der Waals surface area contributed by atoms with Crippen molar-refractivity contribution in [3.8, 4) is 0 Å². The molecular formula is C10H13Cl2NO2. The minimum absolute atomic E-state index is 0. The number of rotatable bonds is 3. The van der Waals surface area contributed by atoms with E-state index in [1.165, 1.54) is 7.11 Å². The monoisotopic (exact) mass is 249 g/mol. The molecule has 0 fully saturated rings. The second-order valence-electron chi connectivity index (χ2n) is 2.80. The first-order valence-electron chi connectivity index (χ1n) is 4.19. The van der Waals surface area contributed by atoms with E-state index < -0.39 is 6.04 Å². The van der Waals surface area contributed by atoms with Crippen LogP contribution in [-0.4, -0.2) is 20.1 Å². The molecule has 1 rings (SSSR count). The number of carbonyl (C=O) groups excluding carboxylic acids is 1. The lowest BCUT2D eigenvalue weighted by Crippen LogP contribution is -2.26. The summed E-state index contributed by atoms with van der Waals surface area (Å²) in [5, 5.41) is 3.47. The first-order valence-corrected chi connectivity index (χ1v) is 4.57. The lowest BCUT2D eigenvalue weighted by atomic mass is 10.1. The highest BCUT2D eigenvalue weighted by atomic mass is 35.5. The van der Waals surface area contributed by atoms with Crippen LogP contribution in [0, 0.1) is 0 Å². The highest BCUT2D eigenvalue weighted by Crippen LogP contribution is 2.18. The number of esters is 1. The zero-order valence-corrected chi connectivity index (χ0v) is 10.1. The van der Waals surface area contributed by atoms with Crippen LogP contribution >= 0.6 is 24.0 Å². The Morgan fingerprint density at radius 1 is 1.53 bits per heavy atom. The Hall–Kier alpha value is -0.770. The molecule has 0 bridgehead atoms. The van der Waals surface area contributed by atoms with Gasteiger partial charge in [0.1, 0.15) is 6.04 Å². The van der Waals surface area contributed by atoms with Gasteiger partial charge in [-0.25, -0.2) is 4.79 Å². The van der Waals surface area contributed by atoms with E-state index in [9.17, 15) is 4.79 Å². The average molecular weight is 250 g/mol. The fourth-order valence-corrected chi connectivity index (χ4v) is 1.42. The number of nitrogens with one attached hydrogen (secondary N) is 1. The van der Waals surface area contributed by atoms with Crippen LogP contribution in [0.15, 0.2) is 24.3 Å². The lowest BCUT2D eigenvalue weighted by molar-refractivity contribution is -0.143. The Kier molecular flexibility index (Phi) is 6.32. The van der Waals surface area contributed by atoms with Crippen molar-refractivity contribution in [2.24, 2.45) is 0 Å². The predicted molar refractivity (Wildman–Crippen MR) is 62.5 cm³/mol. The van der Waals surface area contributed by atoms with Crippen LogP contribution in [0.1, 0.15) is 11.6 Å². The van der Waals surface area contributed by atoms with Gasteiger partial charge in [0.2, 0.25) is 0 Å². The predicted octanol–water partition coefficient (Wildman–Crippen LogP) is 2.20. The molecule has 0 aliphatic carbocycles. The van der Waals surface area contributed by atoms with E-state index in [1.807, 2.05) is 6.07 Å². The fraction of sp³-hybridized carbons (Fsp3) is 0.300. The second kappa shape index (κ2) is 6.67. The summed E-state index contributed by atoms with van der Waals surface area (Å²) in [5.74, 6) is -0.324. The fourth-order valence-electron chi connectivity index (χ4n) is 1.22. The van der Waals surface area contributed by atoms with Gasteiger partial charge in [-0.2, -0.15) is 0 Å². The summed E-state index contributed by atoms with van der Waals surface area (Å²) in [4.78, 5) is 11.3. The average Bonchev–Trinajstić information content (AvgIpc) is 2.19. The molecule has 1 N–H and O–H groups in total. The van der Waals surface area contributed by atoms with Crippen molar-refractivity contribution < 1.29 is 9.53 Å². The van der Waals surface area contributed by atoms with E-state index in [1.54, 1.807) is 25.2 Å². The van der Waals surface area contributed by atoms with Gasteiger partial charge in [0.15, 0.2) is 0 Å². The van der Waals surface area contributed by atoms with Crippen LogP contribution in [0.5, 0.6) is 0 Å². The highest BCUT2D eigenvalue weighted by molar-refractivity contribution is 6.30. The lowest BCUT2D eigenvalue weighted by Gasteiger charge is -2.13. The molecule has 0 saturated heterocycles. The summed E-state index contributed by atoms with van der Waals surface area (Å²) >= 11 is 5.81. The summed E-state index contributed by atoms with van der Waals surface area (Å²) < 4.78 is 4.65. The van der Waals surface area contributed by atoms with Crippen LogP contribution in [0.4, 0.5) is 0 Å². The first kappa shape index (κ1) is 14.2. The number of hydrogen-bond donors (Lipinski definition) is 1. The standard InChI is InChI=1S/C10H12ClNO2.ClH/c1-12-9(10(13)14-2)7-4-3-5-8(11)6-7;/h3-6,9,12H,1-2H3;1H. The Bertz CT molecular complexity index is 331. The third-order valence-corrected chi connectivity index (χ3v) is 2.14. The Morgan fingerprint density at radius 2 is 2.20 bits per heavy atom. The Labute approximate surface area is 100 Å². The van der Waals surface area contributed by atoms with Gasteiger partial charge in [0, 0.05) is 5.02 Å². The highest BCUT2D eigenvalue weighted by Gasteiger charge is 2.18. The molecule has 1 aromatic carbocycles. The van der Waals surface area contributed by atoms with Gasteiger partial charge in [-0.15, -0.1) is 12.4 Å². The molecule has 0 aliphatic rings. The van der Waals surface area contributed by atoms with Crippen molar-refractivity contribution in [2.75, 3.05) is 14.2 Å². The number of likely N-dealkylation sites (N-methyl/N-ethyl adjacent to an activating group) is 1. The number of halogens is 2. The maximum absolute atomic E-state index is 11.3. The smallest absolute Gasteiger partial charge is 0.327 e. The van der Waals surface area contributed by atoms with Crippen molar-refractivity contribution in [3.05, 3.63) is 34.9 Å². The molecular weight excluding hydrogens is 237 g/mol. The third-order valence-electron chi connectivity index (χ3n) is 1.91. The SMILES string of the molecule is CNC(C(=O)OC)c1cccc(Cl)c1.Cl. The Balaban J connectivity index is 0.00000196. The van der Waals surface area contributed by atoms with Gasteiger partial charge >= 0.3 is 5.97 Å². The molecule has 0 aliphatic heterocycles. The topological polar surface area (TPSA) is 38.3 Å². The molecule has 5 heteroatoms. The number of hydrogen-bond acceptors (Lipinski definition) is 3. The van der Waals surface area contributed by atoms with E-state index in [0.29, 0.717) is 5.02 Å². The minimum atomic E-state index is -0.460. The largest absolute Gasteiger partial charge is 0.468 e. The molecule has 0 saturated carbocycles. The normalized spacial score (nSPS) is 11.4. The summed E-state index contributed by atoms with van der Waals surface area (Å²) in [5.41, 5.74) is 0.798. The number of methoxy groups -OCH3 is 1. The zero-order valence-electron chi connectivity index (χ0n) is 8.49. The van der Waals surface area contributed by atoms with E-state index in [0.717, 1.165) is 5.56 Å². The van der Waals surface area contributed by atoms with Crippen molar-refractivity contribution in [1.29, 1.82) is 0 Å². The van der Waals surface area contributed by atoms with E-state index in [-0.39, 0.29) is 18.4 Å². The summed E-state index contributed by atoms with van der Waals surface area (Å²) in [6.45, 7) is 0. The van der Waals surface area contributed by atoms with E-state index in [4.69, 9.17) is 11.6 Å². The number of carbonyl (C=O) groups is 1. The van der Waals surface area contributed by atoms with Crippen LogP contribution in [0.25, 0.3) is 0 Å². The number of ether oxygens (including phenoxy) is 1. The van der Waals surface area contributed by atoms with Crippen LogP contribution < -0.4 is 5.32 Å². The molecule has 0 radical (unpaired) electrons. The Morgan fingerprint density at radius 3 is 2.67 bits per heavy atom. The molecule has 1 aromatic rings. The molecule has 3 nitrogen and oxygen atoms in total. The van der Waals surface area contributed by atoms with E-state index >= 15 is 0 Å². The first-order chi connectivity index (χ1) is 6.69. The van der Waals surface area contributed by atoms with Crippen molar-refractivity contribution in [3.63, 3.8) is 0 Å². The van der Waals surface area contributed by atoms with Gasteiger partial charge in [0.05, 0.1) is 7.11 Å². The van der Waals surface area contributed by atoms with Crippen molar-refractivity contribution in [1.82, 2.24) is 5.32 Å². The molecule has 0 aromatic heterocycles. The summed E-state index contributed by atoms with van der Waals surface area (Å²) in [6, 6.07) is 6.66. The molecule has 0 amide bonds. The second-order valence-corrected chi connectivity index (χ2v) is 3.24. The summed E-state index contributed by atoms with van der Waals surface area (Å²) in [6.07, 6.45) is 0. The molecule has 0 heterocycles. The number of benzene rings is 1. The van der Waals surface area contributed by atoms with Crippen LogP contribution in [0.2, 0.25) is 5.02 Å². The van der Waals surface area contributed by atoms with E-state index in [2.05, 4.69) is 10.1 Å². The van der Waals surface area contributed by atoms with Gasteiger partial charge < -0.3 is 10.1 Å². The van der Waals surface area contributed by atoms with Gasteiger partial charge in [-0.1, -0.05) is 23.7 Å². The zero-order chi connectivity index (χ0) is 10.6. The van der Waals surface area contributed by atoms with Crippen LogP contribution in [-0.2, 0) is 9.53 Å². The third kappa shape index (κ3) is 3.70. The maximum Gasteiger partial charge on any atom is 0.327 e. The molecule has 1 unspecified atom stereocenters. The minimum Gasteiger partial charge on any atom is -0.468 e. The molecule has 0 spiro atoms. The molecule has 15 heavy (non-hydrogen) atoms. The van der Waals surface area contributed by atoms with Gasteiger partial charge in [-0.3, -0.25) is 0 Å². The summed E-state index contributed by atoms with van der Waals surface area (Å²) in [7, 11) is 3.06. The molecule has 84 valence electrons. The van der Waals surface area contributed by atoms with Crippen molar-refractivity contribution in [2.45, 2.75) is 6.04 Å². The van der Waals surface area contributed by atoms with Crippen LogP contribution in [0.3, 0.4) is 0 Å². The molecule has 1 atom stereocenters. The quantitative estimate of drug-likeness (QED) is 0.836. The maximum atomic E-state index is 11.3. The van der Waals surface area contributed by atoms with Crippen molar-refractivity contribution >= 4 is 30.0 Å². The van der Waals surface area contributed by atoms with Gasteiger partial charge in [0.25, 0.3) is 0 Å². The van der Waals surface area contributed by atoms with Gasteiger partial charge in [-0.05, 0) is 24.7 Å².